The van der Waals surface area contributed by atoms with Crippen molar-refractivity contribution in [2.24, 2.45) is 0 Å². The zero-order valence-corrected chi connectivity index (χ0v) is 17.2. The van der Waals surface area contributed by atoms with Gasteiger partial charge in [0.2, 0.25) is 5.91 Å². The fraction of sp³-hybridized carbons (Fsp3) is 0.350. The smallest absolute Gasteiger partial charge is 0.262 e. The van der Waals surface area contributed by atoms with Gasteiger partial charge in [0, 0.05) is 18.2 Å². The van der Waals surface area contributed by atoms with Crippen molar-refractivity contribution in [2.75, 3.05) is 18.9 Å². The summed E-state index contributed by atoms with van der Waals surface area (Å²) in [4.78, 5) is 29.9. The quantitative estimate of drug-likeness (QED) is 0.455. The van der Waals surface area contributed by atoms with Gasteiger partial charge in [0.25, 0.3) is 5.56 Å². The number of amides is 1. The fourth-order valence-corrected chi connectivity index (χ4v) is 4.19. The molecule has 9 heteroatoms. The lowest BCUT2D eigenvalue weighted by atomic mass is 10.2. The van der Waals surface area contributed by atoms with Crippen LogP contribution in [-0.2, 0) is 16.1 Å². The van der Waals surface area contributed by atoms with Crippen molar-refractivity contribution < 1.29 is 13.9 Å². The van der Waals surface area contributed by atoms with Gasteiger partial charge in [-0.1, -0.05) is 23.4 Å². The van der Waals surface area contributed by atoms with Gasteiger partial charge >= 0.3 is 0 Å². The van der Waals surface area contributed by atoms with Gasteiger partial charge in [0.05, 0.1) is 35.6 Å². The summed E-state index contributed by atoms with van der Waals surface area (Å²) in [5.74, 6) is 0.644. The Bertz CT molecular complexity index is 1060. The summed E-state index contributed by atoms with van der Waals surface area (Å²) < 4.78 is 12.4. The molecule has 0 saturated carbocycles. The normalized spacial score (nSPS) is 16.4. The number of nitrogens with one attached hydrogen (secondary N) is 1. The molecule has 0 radical (unpaired) electrons. The number of carbonyl (C=O) groups is 1. The van der Waals surface area contributed by atoms with Gasteiger partial charge in [-0.15, -0.1) is 0 Å². The van der Waals surface area contributed by atoms with Gasteiger partial charge in [-0.05, 0) is 43.2 Å². The molecule has 1 atom stereocenters. The second kappa shape index (κ2) is 9.02. The number of fused-ring (bicyclic) bond motifs is 1. The summed E-state index contributed by atoms with van der Waals surface area (Å²) in [6, 6.07) is 8.53. The topological polar surface area (TPSA) is 86.4 Å². The molecule has 1 aliphatic heterocycles. The third kappa shape index (κ3) is 4.83. The van der Waals surface area contributed by atoms with Crippen LogP contribution in [0.5, 0.6) is 0 Å². The summed E-state index contributed by atoms with van der Waals surface area (Å²) in [5, 5.41) is 4.28. The van der Waals surface area contributed by atoms with E-state index in [-0.39, 0.29) is 29.9 Å². The average molecular weight is 434 g/mol. The molecule has 7 nitrogen and oxygen atoms in total. The van der Waals surface area contributed by atoms with E-state index in [4.69, 9.17) is 20.8 Å². The van der Waals surface area contributed by atoms with Crippen molar-refractivity contribution in [2.45, 2.75) is 30.6 Å². The number of thioether (sulfide) groups is 1. The molecular weight excluding hydrogens is 414 g/mol. The van der Waals surface area contributed by atoms with Crippen molar-refractivity contribution >= 4 is 40.2 Å². The van der Waals surface area contributed by atoms with Crippen molar-refractivity contribution in [3.63, 3.8) is 0 Å². The van der Waals surface area contributed by atoms with E-state index in [0.29, 0.717) is 33.4 Å². The molecule has 3 heterocycles. The first-order chi connectivity index (χ1) is 14.1. The second-order valence-electron chi connectivity index (χ2n) is 6.75. The molecule has 1 amide bonds. The first-order valence-corrected chi connectivity index (χ1v) is 10.7. The predicted octanol–water partition coefficient (Wildman–Crippen LogP) is 3.08. The van der Waals surface area contributed by atoms with Crippen molar-refractivity contribution in [3.05, 3.63) is 57.7 Å². The highest BCUT2D eigenvalue weighted by atomic mass is 35.5. The number of ether oxygens (including phenoxy) is 1. The molecule has 3 aromatic rings. The number of furan rings is 1. The van der Waals surface area contributed by atoms with Crippen LogP contribution >= 0.6 is 23.4 Å². The van der Waals surface area contributed by atoms with Crippen molar-refractivity contribution in [1.29, 1.82) is 0 Å². The molecule has 4 rings (SSSR count). The highest BCUT2D eigenvalue weighted by Crippen LogP contribution is 2.21. The third-order valence-corrected chi connectivity index (χ3v) is 5.87. The SMILES string of the molecule is O=C(CSc1nc2cc(Cl)ccc2c(=O)n1Cc1ccco1)NCC1CCCO1. The molecule has 1 aliphatic rings. The number of benzene rings is 1. The van der Waals surface area contributed by atoms with Crippen LogP contribution in [0, 0.1) is 0 Å². The minimum Gasteiger partial charge on any atom is -0.467 e. The molecule has 1 unspecified atom stereocenters. The van der Waals surface area contributed by atoms with Gasteiger partial charge in [-0.2, -0.15) is 0 Å². The fourth-order valence-electron chi connectivity index (χ4n) is 3.20. The van der Waals surface area contributed by atoms with Gasteiger partial charge in [-0.3, -0.25) is 14.2 Å². The Hall–Kier alpha value is -2.29. The summed E-state index contributed by atoms with van der Waals surface area (Å²) in [6.07, 6.45) is 3.63. The van der Waals surface area contributed by atoms with Gasteiger partial charge in [-0.25, -0.2) is 4.98 Å². The van der Waals surface area contributed by atoms with Crippen molar-refractivity contribution in [3.8, 4) is 0 Å². The molecule has 0 bridgehead atoms. The minimum absolute atomic E-state index is 0.0852. The third-order valence-electron chi connectivity index (χ3n) is 4.66. The molecule has 0 aliphatic carbocycles. The number of nitrogens with zero attached hydrogens (tertiary/aromatic N) is 2. The van der Waals surface area contributed by atoms with Crippen molar-refractivity contribution in [1.82, 2.24) is 14.9 Å². The van der Waals surface area contributed by atoms with Crippen LogP contribution < -0.4 is 10.9 Å². The Morgan fingerprint density at radius 3 is 3.03 bits per heavy atom. The number of hydrogen-bond acceptors (Lipinski definition) is 6. The predicted molar refractivity (Wildman–Crippen MR) is 112 cm³/mol. The van der Waals surface area contributed by atoms with Crippen LogP contribution in [0.3, 0.4) is 0 Å². The maximum Gasteiger partial charge on any atom is 0.262 e. The van der Waals surface area contributed by atoms with Gasteiger partial charge in [0.1, 0.15) is 5.76 Å². The van der Waals surface area contributed by atoms with E-state index in [1.54, 1.807) is 36.6 Å². The molecule has 29 heavy (non-hydrogen) atoms. The summed E-state index contributed by atoms with van der Waals surface area (Å²) in [6.45, 7) is 1.48. The number of rotatable bonds is 7. The Labute approximate surface area is 176 Å². The lowest BCUT2D eigenvalue weighted by molar-refractivity contribution is -0.119. The average Bonchev–Trinajstić information content (AvgIpc) is 3.41. The Kier molecular flexibility index (Phi) is 6.22. The molecule has 1 fully saturated rings. The number of carbonyl (C=O) groups excluding carboxylic acids is 1. The Balaban J connectivity index is 1.55. The standard InChI is InChI=1S/C20H20ClN3O4S/c21-13-5-6-16-17(9-13)23-20(24(19(16)26)11-15-4-2-8-28-15)29-12-18(25)22-10-14-3-1-7-27-14/h2,4-6,8-9,14H,1,3,7,10-12H2,(H,22,25). The lowest BCUT2D eigenvalue weighted by Gasteiger charge is -2.13. The largest absolute Gasteiger partial charge is 0.467 e. The highest BCUT2D eigenvalue weighted by molar-refractivity contribution is 7.99. The summed E-state index contributed by atoms with van der Waals surface area (Å²) >= 11 is 7.27. The molecule has 1 N–H and O–H groups in total. The molecular formula is C20H20ClN3O4S. The zero-order valence-electron chi connectivity index (χ0n) is 15.6. The Morgan fingerprint density at radius 2 is 2.28 bits per heavy atom. The number of aromatic nitrogens is 2. The second-order valence-corrected chi connectivity index (χ2v) is 8.13. The van der Waals surface area contributed by atoms with E-state index in [1.807, 2.05) is 0 Å². The lowest BCUT2D eigenvalue weighted by Crippen LogP contribution is -2.33. The van der Waals surface area contributed by atoms with Crippen LogP contribution in [0.2, 0.25) is 5.02 Å². The van der Waals surface area contributed by atoms with E-state index in [1.165, 1.54) is 16.3 Å². The minimum atomic E-state index is -0.203. The molecule has 2 aromatic heterocycles. The van der Waals surface area contributed by atoms with Gasteiger partial charge < -0.3 is 14.5 Å². The first-order valence-electron chi connectivity index (χ1n) is 9.34. The van der Waals surface area contributed by atoms with E-state index in [9.17, 15) is 9.59 Å². The Morgan fingerprint density at radius 1 is 1.38 bits per heavy atom. The van der Waals surface area contributed by atoms with Crippen LogP contribution in [0.25, 0.3) is 10.9 Å². The van der Waals surface area contributed by atoms with E-state index >= 15 is 0 Å². The zero-order chi connectivity index (χ0) is 20.2. The maximum absolute atomic E-state index is 13.0. The monoisotopic (exact) mass is 433 g/mol. The molecule has 1 aromatic carbocycles. The maximum atomic E-state index is 13.0. The van der Waals surface area contributed by atoms with Crippen LogP contribution in [0.15, 0.2) is 51.0 Å². The number of hydrogen-bond donors (Lipinski definition) is 1. The molecule has 1 saturated heterocycles. The van der Waals surface area contributed by atoms with Crippen LogP contribution in [0.1, 0.15) is 18.6 Å². The summed E-state index contributed by atoms with van der Waals surface area (Å²) in [7, 11) is 0. The highest BCUT2D eigenvalue weighted by Gasteiger charge is 2.18. The van der Waals surface area contributed by atoms with E-state index in [2.05, 4.69) is 10.3 Å². The number of halogens is 1. The first kappa shape index (κ1) is 20.0. The van der Waals surface area contributed by atoms with Gasteiger partial charge in [0.15, 0.2) is 5.16 Å². The molecule has 0 spiro atoms. The van der Waals surface area contributed by atoms with Crippen LogP contribution in [0.4, 0.5) is 0 Å². The summed E-state index contributed by atoms with van der Waals surface area (Å²) in [5.41, 5.74) is 0.297. The van der Waals surface area contributed by atoms with Crippen LogP contribution in [-0.4, -0.2) is 40.5 Å². The van der Waals surface area contributed by atoms with E-state index < -0.39 is 0 Å². The molecule has 152 valence electrons. The van der Waals surface area contributed by atoms with E-state index in [0.717, 1.165) is 19.4 Å².